The van der Waals surface area contributed by atoms with Crippen molar-refractivity contribution in [3.05, 3.63) is 44.9 Å². The molecule has 0 fully saturated rings. The predicted octanol–water partition coefficient (Wildman–Crippen LogP) is 11.4. The van der Waals surface area contributed by atoms with Crippen LogP contribution in [0.15, 0.2) is 33.5 Å². The molecule has 3 aromatic rings. The van der Waals surface area contributed by atoms with Crippen LogP contribution in [0.2, 0.25) is 0 Å². The van der Waals surface area contributed by atoms with Crippen molar-refractivity contribution in [1.29, 1.82) is 0 Å². The number of hydrogen-bond donors (Lipinski definition) is 0. The molecule has 0 spiro atoms. The van der Waals surface area contributed by atoms with Crippen molar-refractivity contribution in [1.82, 2.24) is 30.0 Å². The topological polar surface area (TPSA) is 79.9 Å². The summed E-state index contributed by atoms with van der Waals surface area (Å²) in [6.07, 6.45) is 30.5. The van der Waals surface area contributed by atoms with Gasteiger partial charge in [-0.05, 0) is 56.8 Å². The monoisotopic (exact) mass is 764 g/mol. The Morgan fingerprint density at radius 1 is 0.500 bits per heavy atom. The second kappa shape index (κ2) is 24.2. The molecule has 2 heterocycles. The summed E-state index contributed by atoms with van der Waals surface area (Å²) in [4.78, 5) is 0. The first-order chi connectivity index (χ1) is 22.6. The molecule has 46 heavy (non-hydrogen) atoms. The molecular formula is C36H58Br2N6O2. The molecule has 0 atom stereocenters. The van der Waals surface area contributed by atoms with E-state index in [2.05, 4.69) is 66.3 Å². The maximum atomic E-state index is 6.06. The van der Waals surface area contributed by atoms with Crippen LogP contribution in [-0.4, -0.2) is 30.0 Å². The average Bonchev–Trinajstić information content (AvgIpc) is 3.71. The number of ether oxygens (including phenoxy) is 2. The lowest BCUT2D eigenvalue weighted by Gasteiger charge is -2.11. The molecule has 0 amide bonds. The van der Waals surface area contributed by atoms with E-state index in [-0.39, 0.29) is 0 Å². The summed E-state index contributed by atoms with van der Waals surface area (Å²) in [5.74, 6) is 1.43. The third-order valence-corrected chi connectivity index (χ3v) is 9.63. The molecule has 0 aliphatic heterocycles. The fourth-order valence-electron chi connectivity index (χ4n) is 5.59. The van der Waals surface area contributed by atoms with Crippen molar-refractivity contribution in [2.75, 3.05) is 0 Å². The number of aryl methyl sites for hydroxylation is 2. The zero-order valence-electron chi connectivity index (χ0n) is 28.5. The molecule has 10 heteroatoms. The molecule has 1 aromatic carbocycles. The molecule has 0 saturated carbocycles. The second-order valence-corrected chi connectivity index (χ2v) is 14.3. The largest absolute Gasteiger partial charge is 0.486 e. The van der Waals surface area contributed by atoms with Crippen LogP contribution in [0.1, 0.15) is 154 Å². The molecule has 2 aromatic heterocycles. The van der Waals surface area contributed by atoms with Gasteiger partial charge in [-0.25, -0.2) is 0 Å². The number of hydrogen-bond acceptors (Lipinski definition) is 6. The molecule has 0 unspecified atom stereocenters. The van der Waals surface area contributed by atoms with Crippen LogP contribution in [0.3, 0.4) is 0 Å². The summed E-state index contributed by atoms with van der Waals surface area (Å²) in [7, 11) is 0. The summed E-state index contributed by atoms with van der Waals surface area (Å²) >= 11 is 7.26. The highest BCUT2D eigenvalue weighted by Gasteiger charge is 2.12. The van der Waals surface area contributed by atoms with Gasteiger partial charge < -0.3 is 9.47 Å². The number of benzene rings is 1. The van der Waals surface area contributed by atoms with E-state index in [0.717, 1.165) is 46.3 Å². The highest BCUT2D eigenvalue weighted by molar-refractivity contribution is 9.11. The first kappa shape index (κ1) is 38.5. The fraction of sp³-hybridized carbons (Fsp3) is 0.722. The SMILES string of the molecule is CCCCCCCCCCCCn1cc(COc2cc(Br)c(OCc3cn(CCCCCCCCCCCC)nn3)cc2Br)nn1. The van der Waals surface area contributed by atoms with Gasteiger partial charge in [-0.3, -0.25) is 9.36 Å². The van der Waals surface area contributed by atoms with Crippen LogP contribution in [0.5, 0.6) is 11.5 Å². The second-order valence-electron chi connectivity index (χ2n) is 12.6. The molecule has 0 aliphatic carbocycles. The van der Waals surface area contributed by atoms with Gasteiger partial charge in [0.05, 0.1) is 21.3 Å². The first-order valence-corrected chi connectivity index (χ1v) is 19.7. The summed E-state index contributed by atoms with van der Waals surface area (Å²) in [5.41, 5.74) is 1.63. The molecular weight excluding hydrogens is 708 g/mol. The van der Waals surface area contributed by atoms with Crippen LogP contribution in [0.4, 0.5) is 0 Å². The number of nitrogens with zero attached hydrogens (tertiary/aromatic N) is 6. The summed E-state index contributed by atoms with van der Waals surface area (Å²) in [6.45, 7) is 7.05. The van der Waals surface area contributed by atoms with Crippen LogP contribution in [-0.2, 0) is 26.3 Å². The lowest BCUT2D eigenvalue weighted by Crippen LogP contribution is -2.00. The molecule has 0 N–H and O–H groups in total. The molecule has 3 rings (SSSR count). The minimum Gasteiger partial charge on any atom is -0.486 e. The zero-order valence-corrected chi connectivity index (χ0v) is 31.7. The van der Waals surface area contributed by atoms with E-state index in [0.29, 0.717) is 24.7 Å². The summed E-state index contributed by atoms with van der Waals surface area (Å²) in [5, 5.41) is 17.2. The smallest absolute Gasteiger partial charge is 0.135 e. The van der Waals surface area contributed by atoms with Crippen molar-refractivity contribution in [2.24, 2.45) is 0 Å². The van der Waals surface area contributed by atoms with Crippen molar-refractivity contribution in [2.45, 2.75) is 169 Å². The minimum absolute atomic E-state index is 0.353. The van der Waals surface area contributed by atoms with Gasteiger partial charge in [0.2, 0.25) is 0 Å². The van der Waals surface area contributed by atoms with Crippen LogP contribution in [0.25, 0.3) is 0 Å². The highest BCUT2D eigenvalue weighted by atomic mass is 79.9. The van der Waals surface area contributed by atoms with Gasteiger partial charge in [0.1, 0.15) is 36.1 Å². The minimum atomic E-state index is 0.353. The van der Waals surface area contributed by atoms with Gasteiger partial charge in [-0.1, -0.05) is 140 Å². The molecule has 0 radical (unpaired) electrons. The van der Waals surface area contributed by atoms with E-state index >= 15 is 0 Å². The van der Waals surface area contributed by atoms with E-state index in [1.54, 1.807) is 0 Å². The number of halogens is 2. The Hall–Kier alpha value is -1.94. The standard InChI is InChI=1S/C36H58Br2N6O2/c1-3-5-7-9-11-13-15-17-19-21-23-43-27-31(39-41-43)29-45-35-25-34(38)36(26-33(35)37)46-30-32-28-44(42-40-32)24-22-20-18-16-14-12-10-8-6-4-2/h25-28H,3-24,29-30H2,1-2H3. The van der Waals surface area contributed by atoms with Gasteiger partial charge >= 0.3 is 0 Å². The predicted molar refractivity (Wildman–Crippen MR) is 194 cm³/mol. The van der Waals surface area contributed by atoms with E-state index in [1.165, 1.54) is 116 Å². The molecule has 8 nitrogen and oxygen atoms in total. The Labute approximate surface area is 295 Å². The number of aromatic nitrogens is 6. The third kappa shape index (κ3) is 16.2. The average molecular weight is 767 g/mol. The Morgan fingerprint density at radius 3 is 1.17 bits per heavy atom. The Kier molecular flexibility index (Phi) is 20.3. The molecule has 0 saturated heterocycles. The Morgan fingerprint density at radius 2 is 0.826 bits per heavy atom. The summed E-state index contributed by atoms with van der Waals surface area (Å²) in [6, 6.07) is 3.82. The first-order valence-electron chi connectivity index (χ1n) is 18.1. The van der Waals surface area contributed by atoms with E-state index < -0.39 is 0 Å². The van der Waals surface area contributed by atoms with Gasteiger partial charge in [0, 0.05) is 13.1 Å². The van der Waals surface area contributed by atoms with E-state index in [1.807, 2.05) is 33.9 Å². The van der Waals surface area contributed by atoms with Gasteiger partial charge in [0.25, 0.3) is 0 Å². The Bertz CT molecular complexity index is 1110. The maximum Gasteiger partial charge on any atom is 0.135 e. The lowest BCUT2D eigenvalue weighted by atomic mass is 10.1. The summed E-state index contributed by atoms with van der Waals surface area (Å²) < 4.78 is 17.6. The van der Waals surface area contributed by atoms with Gasteiger partial charge in [-0.2, -0.15) is 0 Å². The lowest BCUT2D eigenvalue weighted by molar-refractivity contribution is 0.289. The molecule has 258 valence electrons. The quantitative estimate of drug-likeness (QED) is 0.0685. The normalized spacial score (nSPS) is 11.4. The fourth-order valence-corrected chi connectivity index (χ4v) is 6.46. The van der Waals surface area contributed by atoms with E-state index in [4.69, 9.17) is 9.47 Å². The van der Waals surface area contributed by atoms with Crippen molar-refractivity contribution >= 4 is 31.9 Å². The van der Waals surface area contributed by atoms with Crippen molar-refractivity contribution < 1.29 is 9.47 Å². The molecule has 0 aliphatic rings. The van der Waals surface area contributed by atoms with Crippen molar-refractivity contribution in [3.63, 3.8) is 0 Å². The Balaban J connectivity index is 1.28. The van der Waals surface area contributed by atoms with E-state index in [9.17, 15) is 0 Å². The van der Waals surface area contributed by atoms with Gasteiger partial charge in [-0.15, -0.1) is 10.2 Å². The van der Waals surface area contributed by atoms with Crippen molar-refractivity contribution in [3.8, 4) is 11.5 Å². The van der Waals surface area contributed by atoms with Gasteiger partial charge in [0.15, 0.2) is 0 Å². The van der Waals surface area contributed by atoms with Crippen LogP contribution in [0, 0.1) is 0 Å². The number of unbranched alkanes of at least 4 members (excludes halogenated alkanes) is 18. The maximum absolute atomic E-state index is 6.06. The highest BCUT2D eigenvalue weighted by Crippen LogP contribution is 2.37. The number of rotatable bonds is 28. The van der Waals surface area contributed by atoms with Crippen LogP contribution < -0.4 is 9.47 Å². The third-order valence-electron chi connectivity index (χ3n) is 8.39. The molecule has 0 bridgehead atoms. The van der Waals surface area contributed by atoms with Crippen LogP contribution >= 0.6 is 31.9 Å². The zero-order chi connectivity index (χ0) is 32.7.